The Bertz CT molecular complexity index is 546. The van der Waals surface area contributed by atoms with Crippen molar-refractivity contribution >= 4 is 11.7 Å². The molecule has 0 spiro atoms. The molecule has 6 nitrogen and oxygen atoms in total. The van der Waals surface area contributed by atoms with Crippen LogP contribution in [0.2, 0.25) is 0 Å². The number of likely N-dealkylation sites (N-methyl/N-ethyl adjacent to an activating group) is 1. The molecule has 2 aliphatic rings. The average Bonchev–Trinajstić information content (AvgIpc) is 2.66. The van der Waals surface area contributed by atoms with Gasteiger partial charge in [-0.3, -0.25) is 0 Å². The van der Waals surface area contributed by atoms with E-state index in [0.717, 1.165) is 45.6 Å². The predicted molar refractivity (Wildman–Crippen MR) is 100 cm³/mol. The molecule has 2 fully saturated rings. The van der Waals surface area contributed by atoms with Crippen molar-refractivity contribution in [3.63, 3.8) is 0 Å². The maximum absolute atomic E-state index is 12.4. The third kappa shape index (κ3) is 4.86. The fourth-order valence-corrected chi connectivity index (χ4v) is 3.63. The molecule has 0 radical (unpaired) electrons. The van der Waals surface area contributed by atoms with Crippen LogP contribution in [0.1, 0.15) is 12.8 Å². The van der Waals surface area contributed by atoms with Crippen LogP contribution >= 0.6 is 0 Å². The van der Waals surface area contributed by atoms with Crippen LogP contribution in [0.4, 0.5) is 10.5 Å². The zero-order valence-corrected chi connectivity index (χ0v) is 15.4. The second-order valence-electron chi connectivity index (χ2n) is 7.11. The van der Waals surface area contributed by atoms with Crippen molar-refractivity contribution in [3.05, 3.63) is 30.3 Å². The van der Waals surface area contributed by atoms with Gasteiger partial charge < -0.3 is 24.8 Å². The highest BCUT2D eigenvalue weighted by Crippen LogP contribution is 2.21. The first-order valence-electron chi connectivity index (χ1n) is 9.24. The van der Waals surface area contributed by atoms with Gasteiger partial charge in [-0.05, 0) is 32.0 Å². The Morgan fingerprint density at radius 1 is 1.24 bits per heavy atom. The zero-order chi connectivity index (χ0) is 17.6. The number of nitrogens with one attached hydrogen (secondary N) is 1. The molecule has 2 heterocycles. The van der Waals surface area contributed by atoms with Crippen LogP contribution in [-0.2, 0) is 4.74 Å². The van der Waals surface area contributed by atoms with Gasteiger partial charge in [0.05, 0.1) is 12.7 Å². The van der Waals surface area contributed by atoms with Crippen molar-refractivity contribution in [3.8, 4) is 0 Å². The summed E-state index contributed by atoms with van der Waals surface area (Å²) in [5.74, 6) is 0. The van der Waals surface area contributed by atoms with Gasteiger partial charge in [0.15, 0.2) is 0 Å². The Morgan fingerprint density at radius 2 is 1.96 bits per heavy atom. The Hall–Kier alpha value is -1.79. The number of urea groups is 1. The van der Waals surface area contributed by atoms with Crippen molar-refractivity contribution in [1.82, 2.24) is 15.1 Å². The van der Waals surface area contributed by atoms with Crippen molar-refractivity contribution in [2.24, 2.45) is 0 Å². The molecule has 0 aromatic heterocycles. The number of para-hydroxylation sites is 1. The van der Waals surface area contributed by atoms with Gasteiger partial charge in [0.1, 0.15) is 0 Å². The van der Waals surface area contributed by atoms with Gasteiger partial charge >= 0.3 is 6.03 Å². The lowest BCUT2D eigenvalue weighted by Crippen LogP contribution is -2.52. The summed E-state index contributed by atoms with van der Waals surface area (Å²) in [4.78, 5) is 18.9. The number of hydrogen-bond acceptors (Lipinski definition) is 4. The van der Waals surface area contributed by atoms with E-state index in [1.54, 1.807) is 0 Å². The predicted octanol–water partition coefficient (Wildman–Crippen LogP) is 1.63. The van der Waals surface area contributed by atoms with Crippen molar-refractivity contribution in [2.75, 3.05) is 58.3 Å². The summed E-state index contributed by atoms with van der Waals surface area (Å²) in [6.45, 7) is 4.79. The Balaban J connectivity index is 1.41. The minimum atomic E-state index is 0.0395. The number of piperidine rings is 1. The summed E-state index contributed by atoms with van der Waals surface area (Å²) in [7, 11) is 4.23. The first-order chi connectivity index (χ1) is 12.1. The van der Waals surface area contributed by atoms with Crippen LogP contribution in [0.25, 0.3) is 0 Å². The molecule has 0 bridgehead atoms. The number of rotatable bonds is 4. The van der Waals surface area contributed by atoms with E-state index in [2.05, 4.69) is 53.5 Å². The standard InChI is InChI=1S/C19H30N4O2/c1-21-12-13-25-18(15-21)14-20-19(24)23-10-8-17(9-11-23)22(2)16-6-4-3-5-7-16/h3-7,17-18H,8-15H2,1-2H3,(H,20,24). The minimum absolute atomic E-state index is 0.0395. The lowest BCUT2D eigenvalue weighted by molar-refractivity contribution is -0.0173. The summed E-state index contributed by atoms with van der Waals surface area (Å²) >= 11 is 0. The number of morpholine rings is 1. The highest BCUT2D eigenvalue weighted by atomic mass is 16.5. The molecule has 2 saturated heterocycles. The normalized spacial score (nSPS) is 22.6. The summed E-state index contributed by atoms with van der Waals surface area (Å²) in [5, 5.41) is 3.04. The SMILES string of the molecule is CN1CCOC(CNC(=O)N2CCC(N(C)c3ccccc3)CC2)C1. The fourth-order valence-electron chi connectivity index (χ4n) is 3.63. The number of carbonyl (C=O) groups excluding carboxylic acids is 1. The monoisotopic (exact) mass is 346 g/mol. The Kier molecular flexibility index (Phi) is 6.15. The number of anilines is 1. The summed E-state index contributed by atoms with van der Waals surface area (Å²) in [6, 6.07) is 11.0. The molecule has 0 aliphatic carbocycles. The second kappa shape index (κ2) is 8.54. The van der Waals surface area contributed by atoms with Gasteiger partial charge in [-0.15, -0.1) is 0 Å². The molecule has 2 aliphatic heterocycles. The van der Waals surface area contributed by atoms with Crippen LogP contribution in [0, 0.1) is 0 Å². The number of carbonyl (C=O) groups is 1. The summed E-state index contributed by atoms with van der Waals surface area (Å²) in [5.41, 5.74) is 1.24. The van der Waals surface area contributed by atoms with Crippen molar-refractivity contribution in [2.45, 2.75) is 25.0 Å². The van der Waals surface area contributed by atoms with E-state index < -0.39 is 0 Å². The average molecular weight is 346 g/mol. The van der Waals surface area contributed by atoms with E-state index in [9.17, 15) is 4.79 Å². The smallest absolute Gasteiger partial charge is 0.317 e. The third-order valence-corrected chi connectivity index (χ3v) is 5.29. The molecule has 1 N–H and O–H groups in total. The molecule has 1 aromatic rings. The van der Waals surface area contributed by atoms with Gasteiger partial charge in [0, 0.05) is 51.5 Å². The number of amides is 2. The maximum Gasteiger partial charge on any atom is 0.317 e. The maximum atomic E-state index is 12.4. The van der Waals surface area contributed by atoms with Crippen LogP contribution in [0.5, 0.6) is 0 Å². The number of nitrogens with zero attached hydrogens (tertiary/aromatic N) is 3. The third-order valence-electron chi connectivity index (χ3n) is 5.29. The molecule has 25 heavy (non-hydrogen) atoms. The van der Waals surface area contributed by atoms with E-state index in [1.807, 2.05) is 11.0 Å². The highest BCUT2D eigenvalue weighted by Gasteiger charge is 2.26. The molecule has 1 unspecified atom stereocenters. The van der Waals surface area contributed by atoms with Crippen LogP contribution < -0.4 is 10.2 Å². The molecule has 6 heteroatoms. The van der Waals surface area contributed by atoms with E-state index in [0.29, 0.717) is 12.6 Å². The topological polar surface area (TPSA) is 48.1 Å². The van der Waals surface area contributed by atoms with Crippen molar-refractivity contribution < 1.29 is 9.53 Å². The largest absolute Gasteiger partial charge is 0.374 e. The molecule has 1 aromatic carbocycles. The van der Waals surface area contributed by atoms with Gasteiger partial charge in [0.2, 0.25) is 0 Å². The van der Waals surface area contributed by atoms with E-state index in [1.165, 1.54) is 5.69 Å². The quantitative estimate of drug-likeness (QED) is 0.900. The highest BCUT2D eigenvalue weighted by molar-refractivity contribution is 5.74. The summed E-state index contributed by atoms with van der Waals surface area (Å²) in [6.07, 6.45) is 2.10. The lowest BCUT2D eigenvalue weighted by Gasteiger charge is -2.38. The number of likely N-dealkylation sites (tertiary alicyclic amines) is 1. The molecule has 138 valence electrons. The van der Waals surface area contributed by atoms with Crippen LogP contribution in [0.15, 0.2) is 30.3 Å². The van der Waals surface area contributed by atoms with Crippen molar-refractivity contribution in [1.29, 1.82) is 0 Å². The first kappa shape index (κ1) is 18.0. The number of hydrogen-bond donors (Lipinski definition) is 1. The molecular formula is C19H30N4O2. The zero-order valence-electron chi connectivity index (χ0n) is 15.4. The van der Waals surface area contributed by atoms with E-state index in [4.69, 9.17) is 4.74 Å². The molecular weight excluding hydrogens is 316 g/mol. The lowest BCUT2D eigenvalue weighted by atomic mass is 10.0. The Labute approximate surface area is 150 Å². The van der Waals surface area contributed by atoms with Gasteiger partial charge in [-0.25, -0.2) is 4.79 Å². The fraction of sp³-hybridized carbons (Fsp3) is 0.632. The number of ether oxygens (including phenoxy) is 1. The van der Waals surface area contributed by atoms with Gasteiger partial charge in [-0.1, -0.05) is 18.2 Å². The van der Waals surface area contributed by atoms with E-state index >= 15 is 0 Å². The molecule has 2 amide bonds. The molecule has 3 rings (SSSR count). The summed E-state index contributed by atoms with van der Waals surface area (Å²) < 4.78 is 5.70. The number of benzene rings is 1. The van der Waals surface area contributed by atoms with Crippen LogP contribution in [-0.4, -0.2) is 81.4 Å². The minimum Gasteiger partial charge on any atom is -0.374 e. The first-order valence-corrected chi connectivity index (χ1v) is 9.24. The van der Waals surface area contributed by atoms with Gasteiger partial charge in [-0.2, -0.15) is 0 Å². The molecule has 1 atom stereocenters. The second-order valence-corrected chi connectivity index (χ2v) is 7.11. The molecule has 0 saturated carbocycles. The van der Waals surface area contributed by atoms with Gasteiger partial charge in [0.25, 0.3) is 0 Å². The Morgan fingerprint density at radius 3 is 2.64 bits per heavy atom. The van der Waals surface area contributed by atoms with Crippen LogP contribution in [0.3, 0.4) is 0 Å². The van der Waals surface area contributed by atoms with E-state index in [-0.39, 0.29) is 12.1 Å².